The maximum absolute atomic E-state index is 2.34. The Labute approximate surface area is 128 Å². The maximum Gasteiger partial charge on any atom is -0.0166 e. The Morgan fingerprint density at radius 3 is 1.85 bits per heavy atom. The van der Waals surface area contributed by atoms with Gasteiger partial charge in [-0.15, -0.1) is 0 Å². The normalized spacial score (nSPS) is 12.3. The van der Waals surface area contributed by atoms with Crippen LogP contribution in [0.25, 0.3) is 0 Å². The third kappa shape index (κ3) is 17.2. The molecule has 0 amide bonds. The molecule has 0 aromatic carbocycles. The molecule has 0 atom stereocenters. The Morgan fingerprint density at radius 2 is 1.15 bits per heavy atom. The average molecular weight is 277 g/mol. The quantitative estimate of drug-likeness (QED) is 0.176. The third-order valence-electron chi connectivity index (χ3n) is 3.50. The van der Waals surface area contributed by atoms with Gasteiger partial charge in [0.1, 0.15) is 0 Å². The highest BCUT2D eigenvalue weighted by Gasteiger charge is 1.90. The van der Waals surface area contributed by atoms with Gasteiger partial charge in [0.15, 0.2) is 0 Å². The topological polar surface area (TPSA) is 0 Å². The lowest BCUT2D eigenvalue weighted by atomic mass is 10.1. The van der Waals surface area contributed by atoms with Crippen LogP contribution < -0.4 is 0 Å². The molecule has 0 heteroatoms. The summed E-state index contributed by atoms with van der Waals surface area (Å²) < 4.78 is 0. The highest BCUT2D eigenvalue weighted by Crippen LogP contribution is 2.09. The van der Waals surface area contributed by atoms with Crippen LogP contribution in [0.15, 0.2) is 36.5 Å². The monoisotopic (exact) mass is 276 g/mol. The van der Waals surface area contributed by atoms with Crippen molar-refractivity contribution in [1.82, 2.24) is 0 Å². The molecule has 0 spiro atoms. The van der Waals surface area contributed by atoms with Crippen LogP contribution in [-0.2, 0) is 0 Å². The van der Waals surface area contributed by atoms with Gasteiger partial charge in [-0.1, -0.05) is 102 Å². The van der Waals surface area contributed by atoms with Gasteiger partial charge in [0.25, 0.3) is 0 Å². The van der Waals surface area contributed by atoms with E-state index in [9.17, 15) is 0 Å². The van der Waals surface area contributed by atoms with E-state index in [0.29, 0.717) is 0 Å². The van der Waals surface area contributed by atoms with E-state index in [1.807, 2.05) is 0 Å². The van der Waals surface area contributed by atoms with Crippen molar-refractivity contribution in [2.45, 2.75) is 90.9 Å². The molecule has 0 aliphatic carbocycles. The van der Waals surface area contributed by atoms with Crippen LogP contribution >= 0.6 is 0 Å². The predicted molar refractivity (Wildman–Crippen MR) is 94.2 cm³/mol. The molecule has 116 valence electrons. The van der Waals surface area contributed by atoms with E-state index in [1.54, 1.807) is 0 Å². The van der Waals surface area contributed by atoms with Crippen LogP contribution in [0, 0.1) is 0 Å². The zero-order valence-corrected chi connectivity index (χ0v) is 13.9. The summed E-state index contributed by atoms with van der Waals surface area (Å²) in [6.45, 7) is 4.49. The van der Waals surface area contributed by atoms with Gasteiger partial charge in [0.05, 0.1) is 0 Å². The molecule has 0 radical (unpaired) electrons. The van der Waals surface area contributed by atoms with Crippen LogP contribution in [0.3, 0.4) is 0 Å². The number of unbranched alkanes of at least 4 members (excludes halogenated alkanes) is 9. The van der Waals surface area contributed by atoms with E-state index in [4.69, 9.17) is 0 Å². The molecule has 0 saturated heterocycles. The van der Waals surface area contributed by atoms with Crippen LogP contribution in [0.1, 0.15) is 90.9 Å². The fourth-order valence-electron chi connectivity index (χ4n) is 2.19. The highest BCUT2D eigenvalue weighted by molar-refractivity contribution is 5.04. The Morgan fingerprint density at radius 1 is 0.500 bits per heavy atom. The first kappa shape index (κ1) is 19.2. The molecular weight excluding hydrogens is 240 g/mol. The first-order chi connectivity index (χ1) is 9.91. The zero-order chi connectivity index (χ0) is 14.7. The summed E-state index contributed by atoms with van der Waals surface area (Å²) in [6, 6.07) is 0. The van der Waals surface area contributed by atoms with Crippen LogP contribution in [0.5, 0.6) is 0 Å². The summed E-state index contributed by atoms with van der Waals surface area (Å²) in [6.07, 6.45) is 29.5. The minimum atomic E-state index is 1.08. The summed E-state index contributed by atoms with van der Waals surface area (Å²) in [5, 5.41) is 0. The summed E-state index contributed by atoms with van der Waals surface area (Å²) in [7, 11) is 0. The molecule has 0 aromatic heterocycles. The molecule has 20 heavy (non-hydrogen) atoms. The average Bonchev–Trinajstić information content (AvgIpc) is 2.47. The maximum atomic E-state index is 2.34. The smallest absolute Gasteiger partial charge is 0.0166 e. The number of hydrogen-bond donors (Lipinski definition) is 0. The molecule has 0 saturated carbocycles. The molecule has 0 rings (SSSR count). The van der Waals surface area contributed by atoms with Gasteiger partial charge in [0.2, 0.25) is 0 Å². The van der Waals surface area contributed by atoms with Crippen LogP contribution in [0.4, 0.5) is 0 Å². The zero-order valence-electron chi connectivity index (χ0n) is 13.9. The first-order valence-corrected chi connectivity index (χ1v) is 8.88. The fraction of sp³-hybridized carbons (Fsp3) is 0.700. The van der Waals surface area contributed by atoms with E-state index in [1.165, 1.54) is 70.6 Å². The Bertz CT molecular complexity index is 245. The molecule has 0 aliphatic rings. The SMILES string of the molecule is CCC/C=C/C=C/C/C=C/CCCCCCCCCC. The van der Waals surface area contributed by atoms with Gasteiger partial charge in [-0.25, -0.2) is 0 Å². The van der Waals surface area contributed by atoms with Gasteiger partial charge < -0.3 is 0 Å². The van der Waals surface area contributed by atoms with Crippen molar-refractivity contribution in [3.63, 3.8) is 0 Å². The van der Waals surface area contributed by atoms with E-state index < -0.39 is 0 Å². The van der Waals surface area contributed by atoms with Crippen molar-refractivity contribution in [3.8, 4) is 0 Å². The number of allylic oxidation sites excluding steroid dienone is 6. The standard InChI is InChI=1S/C20H36/c1-3-5-7-9-11-13-15-17-19-20-18-16-14-12-10-8-6-4-2/h7,9,11,13,17,19H,3-6,8,10,12,14-16,18,20H2,1-2H3/b9-7+,13-11+,19-17+. The van der Waals surface area contributed by atoms with Crippen molar-refractivity contribution >= 4 is 0 Å². The lowest BCUT2D eigenvalue weighted by Crippen LogP contribution is -1.79. The van der Waals surface area contributed by atoms with Crippen LogP contribution in [-0.4, -0.2) is 0 Å². The summed E-state index contributed by atoms with van der Waals surface area (Å²) >= 11 is 0. The lowest BCUT2D eigenvalue weighted by Gasteiger charge is -1.99. The van der Waals surface area contributed by atoms with Gasteiger partial charge in [-0.05, 0) is 25.7 Å². The first-order valence-electron chi connectivity index (χ1n) is 8.88. The summed E-state index contributed by atoms with van der Waals surface area (Å²) in [5.74, 6) is 0. The predicted octanol–water partition coefficient (Wildman–Crippen LogP) is 7.38. The second kappa shape index (κ2) is 18.2. The van der Waals surface area contributed by atoms with E-state index in [-0.39, 0.29) is 0 Å². The minimum absolute atomic E-state index is 1.08. The lowest BCUT2D eigenvalue weighted by molar-refractivity contribution is 0.577. The van der Waals surface area contributed by atoms with Crippen LogP contribution in [0.2, 0.25) is 0 Å². The minimum Gasteiger partial charge on any atom is -0.0882 e. The molecule has 0 aliphatic heterocycles. The second-order valence-corrected chi connectivity index (χ2v) is 5.62. The fourth-order valence-corrected chi connectivity index (χ4v) is 2.19. The van der Waals surface area contributed by atoms with Gasteiger partial charge >= 0.3 is 0 Å². The molecule has 0 bridgehead atoms. The summed E-state index contributed by atoms with van der Waals surface area (Å²) in [5.41, 5.74) is 0. The Balaban J connectivity index is 3.19. The van der Waals surface area contributed by atoms with Crippen molar-refractivity contribution < 1.29 is 0 Å². The van der Waals surface area contributed by atoms with Crippen molar-refractivity contribution in [2.75, 3.05) is 0 Å². The van der Waals surface area contributed by atoms with E-state index in [2.05, 4.69) is 50.3 Å². The number of hydrogen-bond acceptors (Lipinski definition) is 0. The molecule has 0 heterocycles. The number of rotatable bonds is 14. The molecule has 0 fully saturated rings. The van der Waals surface area contributed by atoms with Gasteiger partial charge in [-0.3, -0.25) is 0 Å². The Hall–Kier alpha value is -0.780. The molecular formula is C20H36. The van der Waals surface area contributed by atoms with Gasteiger partial charge in [0, 0.05) is 0 Å². The van der Waals surface area contributed by atoms with Gasteiger partial charge in [-0.2, -0.15) is 0 Å². The molecule has 0 nitrogen and oxygen atoms in total. The third-order valence-corrected chi connectivity index (χ3v) is 3.50. The molecule has 0 N–H and O–H groups in total. The van der Waals surface area contributed by atoms with E-state index >= 15 is 0 Å². The molecule has 0 aromatic rings. The largest absolute Gasteiger partial charge is 0.0882 e. The Kier molecular flexibility index (Phi) is 17.5. The molecule has 0 unspecified atom stereocenters. The second-order valence-electron chi connectivity index (χ2n) is 5.62. The van der Waals surface area contributed by atoms with E-state index in [0.717, 1.165) is 6.42 Å². The van der Waals surface area contributed by atoms with Crippen molar-refractivity contribution in [2.24, 2.45) is 0 Å². The van der Waals surface area contributed by atoms with Crippen molar-refractivity contribution in [3.05, 3.63) is 36.5 Å². The van der Waals surface area contributed by atoms with Crippen molar-refractivity contribution in [1.29, 1.82) is 0 Å². The summed E-state index contributed by atoms with van der Waals surface area (Å²) in [4.78, 5) is 0. The highest BCUT2D eigenvalue weighted by atomic mass is 14.0.